The molecule has 6 heteroatoms. The molecule has 1 N–H and O–H groups in total. The SMILES string of the molecule is Brc1ccc([C@H]2CSc3c4[nH]cnc4nc[n+]32)cc1. The number of thioether (sulfide) groups is 1. The first-order chi connectivity index (χ1) is 9.33. The van der Waals surface area contributed by atoms with Crippen LogP contribution < -0.4 is 4.57 Å². The summed E-state index contributed by atoms with van der Waals surface area (Å²) in [5, 5.41) is 1.22. The van der Waals surface area contributed by atoms with Crippen molar-refractivity contribution in [2.24, 2.45) is 0 Å². The fourth-order valence-corrected chi connectivity index (χ4v) is 3.94. The molecule has 0 bridgehead atoms. The Labute approximate surface area is 122 Å². The second-order valence-electron chi connectivity index (χ2n) is 4.44. The zero-order chi connectivity index (χ0) is 12.8. The number of aromatic amines is 1. The molecule has 0 saturated carbocycles. The van der Waals surface area contributed by atoms with Gasteiger partial charge in [0.25, 0.3) is 12.0 Å². The maximum absolute atomic E-state index is 4.40. The molecule has 1 aromatic carbocycles. The van der Waals surface area contributed by atoms with Gasteiger partial charge in [-0.05, 0) is 22.7 Å². The van der Waals surface area contributed by atoms with Crippen LogP contribution in [0.4, 0.5) is 0 Å². The van der Waals surface area contributed by atoms with E-state index in [0.29, 0.717) is 6.04 Å². The quantitative estimate of drug-likeness (QED) is 0.550. The summed E-state index contributed by atoms with van der Waals surface area (Å²) < 4.78 is 3.34. The monoisotopic (exact) mass is 333 g/mol. The van der Waals surface area contributed by atoms with Crippen LogP contribution in [0.2, 0.25) is 0 Å². The van der Waals surface area contributed by atoms with E-state index in [1.54, 1.807) is 6.33 Å². The highest BCUT2D eigenvalue weighted by Gasteiger charge is 2.32. The highest BCUT2D eigenvalue weighted by atomic mass is 79.9. The van der Waals surface area contributed by atoms with E-state index in [9.17, 15) is 0 Å². The van der Waals surface area contributed by atoms with Crippen molar-refractivity contribution in [2.45, 2.75) is 11.1 Å². The van der Waals surface area contributed by atoms with Crippen molar-refractivity contribution in [1.82, 2.24) is 15.0 Å². The number of aromatic nitrogens is 4. The van der Waals surface area contributed by atoms with Gasteiger partial charge in [0.05, 0.1) is 6.33 Å². The molecule has 0 amide bonds. The Morgan fingerprint density at radius 2 is 2.11 bits per heavy atom. The number of benzene rings is 1. The minimum Gasteiger partial charge on any atom is -0.337 e. The van der Waals surface area contributed by atoms with Crippen molar-refractivity contribution in [3.63, 3.8) is 0 Å². The Balaban J connectivity index is 1.85. The highest BCUT2D eigenvalue weighted by molar-refractivity contribution is 9.10. The van der Waals surface area contributed by atoms with Crippen molar-refractivity contribution < 1.29 is 4.57 Å². The van der Waals surface area contributed by atoms with E-state index in [1.165, 1.54) is 10.6 Å². The van der Waals surface area contributed by atoms with Gasteiger partial charge in [0, 0.05) is 10.2 Å². The molecule has 0 unspecified atom stereocenters. The lowest BCUT2D eigenvalue weighted by molar-refractivity contribution is -0.739. The number of imidazole rings is 1. The molecule has 0 fully saturated rings. The smallest absolute Gasteiger partial charge is 0.296 e. The van der Waals surface area contributed by atoms with Gasteiger partial charge in [-0.3, -0.25) is 0 Å². The van der Waals surface area contributed by atoms with Gasteiger partial charge in [-0.15, -0.1) is 0 Å². The summed E-state index contributed by atoms with van der Waals surface area (Å²) in [6, 6.07) is 8.83. The molecule has 0 radical (unpaired) electrons. The van der Waals surface area contributed by atoms with Crippen molar-refractivity contribution in [1.29, 1.82) is 0 Å². The molecule has 0 saturated heterocycles. The van der Waals surface area contributed by atoms with Crippen LogP contribution in [0.3, 0.4) is 0 Å². The zero-order valence-electron chi connectivity index (χ0n) is 9.88. The molecule has 1 aliphatic heterocycles. The zero-order valence-corrected chi connectivity index (χ0v) is 12.3. The third-order valence-corrected chi connectivity index (χ3v) is 5.04. The molecule has 0 aliphatic carbocycles. The predicted molar refractivity (Wildman–Crippen MR) is 77.1 cm³/mol. The summed E-state index contributed by atoms with van der Waals surface area (Å²) in [6.45, 7) is 0. The summed E-state index contributed by atoms with van der Waals surface area (Å²) in [5.74, 6) is 1.03. The van der Waals surface area contributed by atoms with Gasteiger partial charge in [-0.25, -0.2) is 4.57 Å². The largest absolute Gasteiger partial charge is 0.337 e. The molecular weight excluding hydrogens is 324 g/mol. The summed E-state index contributed by atoms with van der Waals surface area (Å²) >= 11 is 5.32. The van der Waals surface area contributed by atoms with E-state index in [4.69, 9.17) is 0 Å². The Hall–Kier alpha value is -1.40. The molecule has 2 aromatic heterocycles. The van der Waals surface area contributed by atoms with Crippen LogP contribution in [0.5, 0.6) is 0 Å². The lowest BCUT2D eigenvalue weighted by atomic mass is 10.1. The van der Waals surface area contributed by atoms with Crippen LogP contribution in [0, 0.1) is 0 Å². The number of fused-ring (bicyclic) bond motifs is 3. The van der Waals surface area contributed by atoms with Crippen molar-refractivity contribution in [3.8, 4) is 0 Å². The first-order valence-electron chi connectivity index (χ1n) is 5.94. The number of nitrogens with one attached hydrogen (secondary N) is 1. The lowest BCUT2D eigenvalue weighted by Crippen LogP contribution is -2.39. The number of halogens is 1. The van der Waals surface area contributed by atoms with Crippen LogP contribution in [-0.2, 0) is 0 Å². The molecule has 1 aliphatic rings. The summed E-state index contributed by atoms with van der Waals surface area (Å²) in [5.41, 5.74) is 3.13. The van der Waals surface area contributed by atoms with Crippen molar-refractivity contribution in [3.05, 3.63) is 47.0 Å². The van der Waals surface area contributed by atoms with Crippen molar-refractivity contribution >= 4 is 38.9 Å². The van der Waals surface area contributed by atoms with Gasteiger partial charge in [0.1, 0.15) is 6.04 Å². The minimum absolute atomic E-state index is 0.341. The van der Waals surface area contributed by atoms with Gasteiger partial charge >= 0.3 is 0 Å². The Bertz CT molecular complexity index is 753. The molecule has 19 heavy (non-hydrogen) atoms. The Morgan fingerprint density at radius 3 is 2.95 bits per heavy atom. The highest BCUT2D eigenvalue weighted by Crippen LogP contribution is 2.33. The van der Waals surface area contributed by atoms with E-state index in [1.807, 2.05) is 18.1 Å². The van der Waals surface area contributed by atoms with Gasteiger partial charge in [0.15, 0.2) is 10.5 Å². The second kappa shape index (κ2) is 4.31. The summed E-state index contributed by atoms with van der Waals surface area (Å²) in [4.78, 5) is 11.8. The summed E-state index contributed by atoms with van der Waals surface area (Å²) in [6.07, 6.45) is 3.59. The maximum atomic E-state index is 4.40. The Morgan fingerprint density at radius 1 is 1.26 bits per heavy atom. The number of nitrogens with zero attached hydrogens (tertiary/aromatic N) is 3. The number of hydrogen-bond acceptors (Lipinski definition) is 3. The van der Waals surface area contributed by atoms with E-state index in [-0.39, 0.29) is 0 Å². The van der Waals surface area contributed by atoms with Crippen LogP contribution in [0.1, 0.15) is 11.6 Å². The molecule has 3 heterocycles. The average Bonchev–Trinajstić information content (AvgIpc) is 3.04. The fraction of sp³-hybridized carbons (Fsp3) is 0.154. The maximum Gasteiger partial charge on any atom is 0.296 e. The predicted octanol–water partition coefficient (Wildman–Crippen LogP) is 2.70. The average molecular weight is 334 g/mol. The molecule has 0 spiro atoms. The molecule has 94 valence electrons. The molecule has 3 aromatic rings. The fourth-order valence-electron chi connectivity index (χ4n) is 2.39. The normalized spacial score (nSPS) is 17.8. The third-order valence-electron chi connectivity index (χ3n) is 3.34. The van der Waals surface area contributed by atoms with Crippen LogP contribution in [0.15, 0.2) is 46.4 Å². The number of H-pyrrole nitrogens is 1. The molecule has 4 nitrogen and oxygen atoms in total. The van der Waals surface area contributed by atoms with E-state index >= 15 is 0 Å². The van der Waals surface area contributed by atoms with E-state index < -0.39 is 0 Å². The Kier molecular flexibility index (Phi) is 2.60. The van der Waals surface area contributed by atoms with Gasteiger partial charge in [0.2, 0.25) is 0 Å². The topological polar surface area (TPSA) is 45.5 Å². The molecule has 4 rings (SSSR count). The van der Waals surface area contributed by atoms with Crippen molar-refractivity contribution in [2.75, 3.05) is 5.75 Å². The first-order valence-corrected chi connectivity index (χ1v) is 7.72. The second-order valence-corrected chi connectivity index (χ2v) is 6.36. The summed E-state index contributed by atoms with van der Waals surface area (Å²) in [7, 11) is 0. The van der Waals surface area contributed by atoms with Crippen LogP contribution in [0.25, 0.3) is 11.2 Å². The third kappa shape index (κ3) is 1.78. The van der Waals surface area contributed by atoms with E-state index in [2.05, 4.69) is 59.7 Å². The first kappa shape index (κ1) is 11.4. The molecule has 1 atom stereocenters. The van der Waals surface area contributed by atoms with Crippen LogP contribution in [-0.4, -0.2) is 20.7 Å². The number of hydrogen-bond donors (Lipinski definition) is 1. The van der Waals surface area contributed by atoms with Gasteiger partial charge < -0.3 is 4.98 Å². The molecular formula is C13H10BrN4S+. The number of rotatable bonds is 1. The van der Waals surface area contributed by atoms with Crippen LogP contribution >= 0.6 is 27.7 Å². The lowest BCUT2D eigenvalue weighted by Gasteiger charge is -2.08. The van der Waals surface area contributed by atoms with E-state index in [0.717, 1.165) is 21.4 Å². The minimum atomic E-state index is 0.341. The van der Waals surface area contributed by atoms with Gasteiger partial charge in [-0.1, -0.05) is 39.8 Å². The van der Waals surface area contributed by atoms with Gasteiger partial charge in [-0.2, -0.15) is 4.98 Å². The standard InChI is InChI=1S/C13H9BrN4S/c14-9-3-1-8(2-4-9)10-5-19-13-11-12(16-6-15-11)17-7-18(10)13/h1-4,6-7,10H,5H2/p+1/t10-/m1/s1.